The minimum atomic E-state index is 0.355. The molecule has 2 rings (SSSR count). The summed E-state index contributed by atoms with van der Waals surface area (Å²) in [6.45, 7) is 4.27. The highest BCUT2D eigenvalue weighted by atomic mass is 35.5. The summed E-state index contributed by atoms with van der Waals surface area (Å²) in [7, 11) is 0. The first kappa shape index (κ1) is 11.9. The molecule has 1 fully saturated rings. The molecule has 0 amide bonds. The molecule has 0 bridgehead atoms. The van der Waals surface area contributed by atoms with Crippen molar-refractivity contribution in [1.29, 1.82) is 0 Å². The Hall–Kier alpha value is -0.580. The second kappa shape index (κ2) is 5.66. The SMILES string of the molecule is Clc1cc(NCCN2CCCC2)c(Cl)nn1. The number of aromatic nitrogens is 2. The maximum Gasteiger partial charge on any atom is 0.174 e. The number of halogens is 2. The van der Waals surface area contributed by atoms with Crippen LogP contribution in [0, 0.1) is 0 Å². The lowest BCUT2D eigenvalue weighted by molar-refractivity contribution is 0.352. The van der Waals surface area contributed by atoms with Gasteiger partial charge in [0.2, 0.25) is 0 Å². The van der Waals surface area contributed by atoms with E-state index in [2.05, 4.69) is 20.4 Å². The summed E-state index contributed by atoms with van der Waals surface area (Å²) in [6, 6.07) is 1.70. The largest absolute Gasteiger partial charge is 0.381 e. The molecule has 1 saturated heterocycles. The van der Waals surface area contributed by atoms with Crippen LogP contribution in [0.3, 0.4) is 0 Å². The van der Waals surface area contributed by atoms with Gasteiger partial charge in [-0.25, -0.2) is 0 Å². The zero-order valence-corrected chi connectivity index (χ0v) is 10.4. The van der Waals surface area contributed by atoms with Gasteiger partial charge in [0.25, 0.3) is 0 Å². The third kappa shape index (κ3) is 3.20. The predicted octanol–water partition coefficient (Wildman–Crippen LogP) is 2.29. The first-order valence-electron chi connectivity index (χ1n) is 5.40. The monoisotopic (exact) mass is 260 g/mol. The molecular weight excluding hydrogens is 247 g/mol. The van der Waals surface area contributed by atoms with Crippen LogP contribution in [-0.4, -0.2) is 41.3 Å². The Labute approximate surface area is 105 Å². The maximum atomic E-state index is 5.88. The molecule has 2 heterocycles. The van der Waals surface area contributed by atoms with Crippen LogP contribution in [0.2, 0.25) is 10.3 Å². The summed E-state index contributed by atoms with van der Waals surface area (Å²) < 4.78 is 0. The molecule has 6 heteroatoms. The molecule has 88 valence electrons. The summed E-state index contributed by atoms with van der Waals surface area (Å²) in [5, 5.41) is 11.3. The Kier molecular flexibility index (Phi) is 4.21. The Bertz CT molecular complexity index is 353. The van der Waals surface area contributed by atoms with E-state index in [9.17, 15) is 0 Å². The van der Waals surface area contributed by atoms with Crippen molar-refractivity contribution >= 4 is 28.9 Å². The second-order valence-electron chi connectivity index (χ2n) is 3.85. The van der Waals surface area contributed by atoms with Crippen LogP contribution in [0.15, 0.2) is 6.07 Å². The van der Waals surface area contributed by atoms with Gasteiger partial charge in [-0.1, -0.05) is 23.2 Å². The third-order valence-corrected chi connectivity index (χ3v) is 3.13. The van der Waals surface area contributed by atoms with Gasteiger partial charge < -0.3 is 10.2 Å². The highest BCUT2D eigenvalue weighted by Crippen LogP contribution is 2.20. The van der Waals surface area contributed by atoms with E-state index in [0.717, 1.165) is 18.8 Å². The number of likely N-dealkylation sites (tertiary alicyclic amines) is 1. The summed E-state index contributed by atoms with van der Waals surface area (Å²) in [4.78, 5) is 2.43. The Morgan fingerprint density at radius 3 is 2.75 bits per heavy atom. The average Bonchev–Trinajstić information content (AvgIpc) is 2.76. The first-order valence-corrected chi connectivity index (χ1v) is 6.16. The summed E-state index contributed by atoms with van der Waals surface area (Å²) in [5.74, 6) is 0. The van der Waals surface area contributed by atoms with E-state index in [1.54, 1.807) is 6.07 Å². The number of hydrogen-bond acceptors (Lipinski definition) is 4. The lowest BCUT2D eigenvalue weighted by atomic mass is 10.4. The van der Waals surface area contributed by atoms with Crippen molar-refractivity contribution in [3.63, 3.8) is 0 Å². The van der Waals surface area contributed by atoms with Crippen LogP contribution in [0.4, 0.5) is 5.69 Å². The van der Waals surface area contributed by atoms with E-state index in [1.807, 2.05) is 0 Å². The van der Waals surface area contributed by atoms with Crippen molar-refractivity contribution in [2.45, 2.75) is 12.8 Å². The van der Waals surface area contributed by atoms with Crippen molar-refractivity contribution in [3.05, 3.63) is 16.4 Å². The van der Waals surface area contributed by atoms with Crippen LogP contribution >= 0.6 is 23.2 Å². The number of nitrogens with zero attached hydrogens (tertiary/aromatic N) is 3. The van der Waals surface area contributed by atoms with Gasteiger partial charge in [-0.15, -0.1) is 10.2 Å². The predicted molar refractivity (Wildman–Crippen MR) is 66.2 cm³/mol. The van der Waals surface area contributed by atoms with Crippen molar-refractivity contribution in [2.75, 3.05) is 31.5 Å². The van der Waals surface area contributed by atoms with E-state index < -0.39 is 0 Å². The van der Waals surface area contributed by atoms with Gasteiger partial charge in [-0.2, -0.15) is 0 Å². The van der Waals surface area contributed by atoms with E-state index in [-0.39, 0.29) is 0 Å². The zero-order valence-electron chi connectivity index (χ0n) is 8.92. The highest BCUT2D eigenvalue weighted by molar-refractivity contribution is 6.33. The lowest BCUT2D eigenvalue weighted by Gasteiger charge is -2.15. The molecule has 1 aromatic rings. The van der Waals surface area contributed by atoms with Gasteiger partial charge in [0.15, 0.2) is 10.3 Å². The molecule has 0 aromatic carbocycles. The Morgan fingerprint density at radius 1 is 1.25 bits per heavy atom. The van der Waals surface area contributed by atoms with Crippen molar-refractivity contribution in [2.24, 2.45) is 0 Å². The molecular formula is C10H14Cl2N4. The minimum absolute atomic E-state index is 0.355. The number of nitrogens with one attached hydrogen (secondary N) is 1. The lowest BCUT2D eigenvalue weighted by Crippen LogP contribution is -2.26. The van der Waals surface area contributed by atoms with Gasteiger partial charge in [0.1, 0.15) is 0 Å². The van der Waals surface area contributed by atoms with E-state index in [4.69, 9.17) is 23.2 Å². The van der Waals surface area contributed by atoms with Crippen molar-refractivity contribution < 1.29 is 0 Å². The standard InChI is InChI=1S/C10H14Cl2N4/c11-9-7-8(10(12)15-14-9)13-3-6-16-4-1-2-5-16/h7H,1-6H2,(H,13,14). The summed E-state index contributed by atoms with van der Waals surface area (Å²) in [5.41, 5.74) is 0.751. The van der Waals surface area contributed by atoms with Gasteiger partial charge in [0.05, 0.1) is 5.69 Å². The second-order valence-corrected chi connectivity index (χ2v) is 4.59. The molecule has 1 N–H and O–H groups in total. The van der Waals surface area contributed by atoms with Crippen LogP contribution in [-0.2, 0) is 0 Å². The molecule has 1 aliphatic rings. The number of hydrogen-bond donors (Lipinski definition) is 1. The normalized spacial score (nSPS) is 16.6. The number of anilines is 1. The fraction of sp³-hybridized carbons (Fsp3) is 0.600. The van der Waals surface area contributed by atoms with E-state index in [0.29, 0.717) is 10.3 Å². The molecule has 0 spiro atoms. The molecule has 0 saturated carbocycles. The van der Waals surface area contributed by atoms with Gasteiger partial charge in [-0.3, -0.25) is 0 Å². The summed E-state index contributed by atoms with van der Waals surface area (Å²) in [6.07, 6.45) is 2.62. The Balaban J connectivity index is 1.82. The van der Waals surface area contributed by atoms with E-state index >= 15 is 0 Å². The molecule has 0 radical (unpaired) electrons. The fourth-order valence-corrected chi connectivity index (χ4v) is 2.14. The summed E-state index contributed by atoms with van der Waals surface area (Å²) >= 11 is 11.6. The maximum absolute atomic E-state index is 5.88. The molecule has 0 atom stereocenters. The van der Waals surface area contributed by atoms with Crippen LogP contribution in [0.1, 0.15) is 12.8 Å². The molecule has 4 nitrogen and oxygen atoms in total. The average molecular weight is 261 g/mol. The molecule has 0 unspecified atom stereocenters. The number of rotatable bonds is 4. The Morgan fingerprint density at radius 2 is 2.00 bits per heavy atom. The third-order valence-electron chi connectivity index (χ3n) is 2.66. The fourth-order valence-electron chi connectivity index (χ4n) is 1.83. The molecule has 1 aromatic heterocycles. The molecule has 0 aliphatic carbocycles. The minimum Gasteiger partial charge on any atom is -0.381 e. The molecule has 1 aliphatic heterocycles. The topological polar surface area (TPSA) is 41.0 Å². The van der Waals surface area contributed by atoms with Crippen molar-refractivity contribution in [1.82, 2.24) is 15.1 Å². The highest BCUT2D eigenvalue weighted by Gasteiger charge is 2.10. The van der Waals surface area contributed by atoms with Gasteiger partial charge >= 0.3 is 0 Å². The van der Waals surface area contributed by atoms with Crippen LogP contribution in [0.25, 0.3) is 0 Å². The van der Waals surface area contributed by atoms with E-state index in [1.165, 1.54) is 25.9 Å². The van der Waals surface area contributed by atoms with Crippen LogP contribution in [0.5, 0.6) is 0 Å². The molecule has 16 heavy (non-hydrogen) atoms. The van der Waals surface area contributed by atoms with Gasteiger partial charge in [0, 0.05) is 19.2 Å². The van der Waals surface area contributed by atoms with Crippen molar-refractivity contribution in [3.8, 4) is 0 Å². The van der Waals surface area contributed by atoms with Crippen LogP contribution < -0.4 is 5.32 Å². The zero-order chi connectivity index (χ0) is 11.4. The first-order chi connectivity index (χ1) is 7.75. The smallest absolute Gasteiger partial charge is 0.174 e. The quantitative estimate of drug-likeness (QED) is 0.902. The van der Waals surface area contributed by atoms with Gasteiger partial charge in [-0.05, 0) is 25.9 Å².